The van der Waals surface area contributed by atoms with E-state index < -0.39 is 0 Å². The number of morpholine rings is 1. The zero-order chi connectivity index (χ0) is 19.7. The van der Waals surface area contributed by atoms with Crippen molar-refractivity contribution in [3.8, 4) is 0 Å². The van der Waals surface area contributed by atoms with Crippen LogP contribution in [0.3, 0.4) is 0 Å². The standard InChI is InChI=1S/C20H25N5O3/c1-20(2)11-16(22-18(26)14-3-5-25(27)6-4-14)15-13-21-19(23-17(15)12-20)24-7-9-28-10-8-24/h3-6,13,16H,7-12H2,1-2H3,(H,22,26)/t16-/m1/s1. The Hall–Kier alpha value is -2.74. The van der Waals surface area contributed by atoms with Crippen LogP contribution in [-0.4, -0.2) is 42.2 Å². The molecule has 0 radical (unpaired) electrons. The number of ether oxygens (including phenoxy) is 1. The lowest BCUT2D eigenvalue weighted by atomic mass is 9.74. The number of pyridine rings is 1. The largest absolute Gasteiger partial charge is 0.619 e. The van der Waals surface area contributed by atoms with Gasteiger partial charge in [0.2, 0.25) is 5.95 Å². The number of nitrogens with zero attached hydrogens (tertiary/aromatic N) is 4. The van der Waals surface area contributed by atoms with Crippen LogP contribution in [0.4, 0.5) is 5.95 Å². The van der Waals surface area contributed by atoms with Crippen LogP contribution in [-0.2, 0) is 11.2 Å². The molecule has 1 saturated heterocycles. The van der Waals surface area contributed by atoms with Crippen LogP contribution in [0, 0.1) is 10.6 Å². The van der Waals surface area contributed by atoms with Crippen LogP contribution in [0.5, 0.6) is 0 Å². The molecule has 0 spiro atoms. The molecule has 2 aromatic rings. The Morgan fingerprint density at radius 2 is 2.04 bits per heavy atom. The van der Waals surface area contributed by atoms with Crippen LogP contribution in [0.2, 0.25) is 0 Å². The van der Waals surface area contributed by atoms with Crippen molar-refractivity contribution in [2.45, 2.75) is 32.7 Å². The summed E-state index contributed by atoms with van der Waals surface area (Å²) in [6.07, 6.45) is 6.15. The number of hydrogen-bond donors (Lipinski definition) is 1. The summed E-state index contributed by atoms with van der Waals surface area (Å²) in [7, 11) is 0. The zero-order valence-corrected chi connectivity index (χ0v) is 16.2. The van der Waals surface area contributed by atoms with Crippen LogP contribution < -0.4 is 14.9 Å². The fraction of sp³-hybridized carbons (Fsp3) is 0.500. The molecule has 2 aliphatic rings. The molecule has 1 atom stereocenters. The molecule has 1 aliphatic heterocycles. The minimum Gasteiger partial charge on any atom is -0.619 e. The lowest BCUT2D eigenvalue weighted by Crippen LogP contribution is -2.40. The number of carbonyl (C=O) groups is 1. The molecular formula is C20H25N5O3. The summed E-state index contributed by atoms with van der Waals surface area (Å²) in [6.45, 7) is 7.32. The van der Waals surface area contributed by atoms with Gasteiger partial charge in [-0.15, -0.1) is 0 Å². The molecule has 1 N–H and O–H groups in total. The zero-order valence-electron chi connectivity index (χ0n) is 16.2. The predicted molar refractivity (Wildman–Crippen MR) is 103 cm³/mol. The molecule has 148 valence electrons. The summed E-state index contributed by atoms with van der Waals surface area (Å²) < 4.78 is 6.07. The molecule has 3 heterocycles. The van der Waals surface area contributed by atoms with E-state index in [0.29, 0.717) is 23.5 Å². The van der Waals surface area contributed by atoms with Gasteiger partial charge < -0.3 is 20.2 Å². The van der Waals surface area contributed by atoms with Gasteiger partial charge in [0.15, 0.2) is 12.4 Å². The summed E-state index contributed by atoms with van der Waals surface area (Å²) in [5, 5.41) is 14.3. The van der Waals surface area contributed by atoms with Gasteiger partial charge in [-0.05, 0) is 18.3 Å². The van der Waals surface area contributed by atoms with Crippen LogP contribution >= 0.6 is 0 Å². The van der Waals surface area contributed by atoms with Gasteiger partial charge in [0.25, 0.3) is 5.91 Å². The van der Waals surface area contributed by atoms with E-state index in [9.17, 15) is 10.0 Å². The molecule has 28 heavy (non-hydrogen) atoms. The number of fused-ring (bicyclic) bond motifs is 1. The normalized spacial score (nSPS) is 21.1. The van der Waals surface area contributed by atoms with E-state index in [4.69, 9.17) is 9.72 Å². The van der Waals surface area contributed by atoms with Gasteiger partial charge >= 0.3 is 0 Å². The molecule has 0 bridgehead atoms. The fourth-order valence-corrected chi connectivity index (χ4v) is 3.89. The second kappa shape index (κ2) is 7.35. The highest BCUT2D eigenvalue weighted by atomic mass is 16.5. The number of rotatable bonds is 3. The lowest BCUT2D eigenvalue weighted by molar-refractivity contribution is -0.605. The monoisotopic (exact) mass is 383 g/mol. The first kappa shape index (κ1) is 18.6. The minimum atomic E-state index is -0.202. The van der Waals surface area contributed by atoms with Crippen molar-refractivity contribution in [1.29, 1.82) is 0 Å². The fourth-order valence-electron chi connectivity index (χ4n) is 3.89. The molecule has 8 heteroatoms. The Morgan fingerprint density at radius 3 is 2.75 bits per heavy atom. The third-order valence-corrected chi connectivity index (χ3v) is 5.33. The Labute approximate surface area is 164 Å². The molecule has 1 aliphatic carbocycles. The molecule has 4 rings (SSSR count). The number of amides is 1. The van der Waals surface area contributed by atoms with E-state index in [1.807, 2.05) is 6.20 Å². The van der Waals surface area contributed by atoms with Gasteiger partial charge in [0.1, 0.15) is 0 Å². The van der Waals surface area contributed by atoms with Crippen molar-refractivity contribution in [2.75, 3.05) is 31.2 Å². The molecule has 2 aromatic heterocycles. The lowest BCUT2D eigenvalue weighted by Gasteiger charge is -2.37. The molecule has 0 unspecified atom stereocenters. The number of anilines is 1. The molecule has 0 saturated carbocycles. The van der Waals surface area contributed by atoms with Crippen molar-refractivity contribution in [2.24, 2.45) is 5.41 Å². The third-order valence-electron chi connectivity index (χ3n) is 5.33. The van der Waals surface area contributed by atoms with E-state index in [0.717, 1.165) is 43.1 Å². The summed E-state index contributed by atoms with van der Waals surface area (Å²) in [6, 6.07) is 2.88. The minimum absolute atomic E-state index is 0.0102. The topological polar surface area (TPSA) is 94.3 Å². The predicted octanol–water partition coefficient (Wildman–Crippen LogP) is 1.39. The molecule has 0 aromatic carbocycles. The maximum absolute atomic E-state index is 12.7. The first-order chi connectivity index (χ1) is 13.4. The van der Waals surface area contributed by atoms with Crippen LogP contribution in [0.25, 0.3) is 0 Å². The summed E-state index contributed by atoms with van der Waals surface area (Å²) in [5.41, 5.74) is 2.43. The van der Waals surface area contributed by atoms with Crippen molar-refractivity contribution in [3.05, 3.63) is 52.8 Å². The molecule has 1 fully saturated rings. The number of nitrogens with one attached hydrogen (secondary N) is 1. The number of hydrogen-bond acceptors (Lipinski definition) is 6. The Bertz CT molecular complexity index is 863. The second-order valence-corrected chi connectivity index (χ2v) is 8.19. The number of carbonyl (C=O) groups excluding carboxylic acids is 1. The second-order valence-electron chi connectivity index (χ2n) is 8.19. The molecule has 8 nitrogen and oxygen atoms in total. The van der Waals surface area contributed by atoms with Crippen molar-refractivity contribution in [3.63, 3.8) is 0 Å². The maximum Gasteiger partial charge on any atom is 0.252 e. The third kappa shape index (κ3) is 3.91. The quantitative estimate of drug-likeness (QED) is 0.636. The Morgan fingerprint density at radius 1 is 1.32 bits per heavy atom. The van der Waals surface area contributed by atoms with Gasteiger partial charge in [0.05, 0.1) is 30.5 Å². The van der Waals surface area contributed by atoms with Gasteiger partial charge in [-0.25, -0.2) is 9.97 Å². The smallest absolute Gasteiger partial charge is 0.252 e. The van der Waals surface area contributed by atoms with E-state index in [1.165, 1.54) is 24.5 Å². The average Bonchev–Trinajstić information content (AvgIpc) is 2.68. The van der Waals surface area contributed by atoms with Crippen molar-refractivity contribution < 1.29 is 14.3 Å². The van der Waals surface area contributed by atoms with E-state index >= 15 is 0 Å². The van der Waals surface area contributed by atoms with E-state index in [-0.39, 0.29) is 17.4 Å². The average molecular weight is 383 g/mol. The summed E-state index contributed by atoms with van der Waals surface area (Å²) in [5.74, 6) is 0.527. The van der Waals surface area contributed by atoms with Crippen molar-refractivity contribution in [1.82, 2.24) is 15.3 Å². The van der Waals surface area contributed by atoms with Crippen LogP contribution in [0.1, 0.15) is 47.9 Å². The van der Waals surface area contributed by atoms with Crippen molar-refractivity contribution >= 4 is 11.9 Å². The first-order valence-electron chi connectivity index (χ1n) is 9.59. The SMILES string of the molecule is CC1(C)Cc2nc(N3CCOCC3)ncc2[C@H](NC(=O)c2cc[n+]([O-])cc2)C1. The van der Waals surface area contributed by atoms with Gasteiger partial charge in [-0.1, -0.05) is 13.8 Å². The Balaban J connectivity index is 1.59. The van der Waals surface area contributed by atoms with E-state index in [1.54, 1.807) is 0 Å². The molecule has 1 amide bonds. The highest BCUT2D eigenvalue weighted by Crippen LogP contribution is 2.40. The van der Waals surface area contributed by atoms with Gasteiger partial charge in [-0.3, -0.25) is 4.79 Å². The maximum atomic E-state index is 12.7. The van der Waals surface area contributed by atoms with E-state index in [2.05, 4.69) is 29.0 Å². The van der Waals surface area contributed by atoms with Gasteiger partial charge in [-0.2, -0.15) is 4.73 Å². The first-order valence-corrected chi connectivity index (χ1v) is 9.59. The Kier molecular flexibility index (Phi) is 4.89. The summed E-state index contributed by atoms with van der Waals surface area (Å²) in [4.78, 5) is 24.2. The van der Waals surface area contributed by atoms with Crippen LogP contribution in [0.15, 0.2) is 30.7 Å². The highest BCUT2D eigenvalue weighted by molar-refractivity contribution is 5.94. The van der Waals surface area contributed by atoms with Gasteiger partial charge in [0, 0.05) is 37.0 Å². The summed E-state index contributed by atoms with van der Waals surface area (Å²) >= 11 is 0. The number of aromatic nitrogens is 3. The highest BCUT2D eigenvalue weighted by Gasteiger charge is 2.35. The molecular weight excluding hydrogens is 358 g/mol.